The van der Waals surface area contributed by atoms with Crippen molar-refractivity contribution in [1.82, 2.24) is 0 Å². The Hall–Kier alpha value is -0.660. The van der Waals surface area contributed by atoms with Crippen LogP contribution in [0.3, 0.4) is 0 Å². The first-order chi connectivity index (χ1) is 20.8. The molecule has 0 aliphatic rings. The van der Waals surface area contributed by atoms with E-state index in [4.69, 9.17) is 0 Å². The molecule has 0 radical (unpaired) electrons. The molecule has 0 saturated carbocycles. The predicted molar refractivity (Wildman–Crippen MR) is 188 cm³/mol. The summed E-state index contributed by atoms with van der Waals surface area (Å²) in [6, 6.07) is 0. The summed E-state index contributed by atoms with van der Waals surface area (Å²) in [6.07, 6.45) is 47.1. The van der Waals surface area contributed by atoms with Gasteiger partial charge in [0, 0.05) is 6.42 Å². The molecule has 0 spiro atoms. The normalized spacial score (nSPS) is 12.1. The van der Waals surface area contributed by atoms with E-state index in [2.05, 4.69) is 13.8 Å². The zero-order valence-electron chi connectivity index (χ0n) is 29.2. The van der Waals surface area contributed by atoms with E-state index in [9.17, 15) is 9.59 Å². The molecule has 0 rings (SSSR count). The molecule has 0 N–H and O–H groups in total. The summed E-state index contributed by atoms with van der Waals surface area (Å²) in [6.45, 7) is 4.58. The fourth-order valence-corrected chi connectivity index (χ4v) is 6.43. The number of ketones is 1. The van der Waals surface area contributed by atoms with Gasteiger partial charge in [-0.25, -0.2) is 0 Å². The molecule has 0 fully saturated rings. The third-order valence-electron chi connectivity index (χ3n) is 9.47. The molecule has 2 nitrogen and oxygen atoms in total. The second-order valence-corrected chi connectivity index (χ2v) is 13.7. The summed E-state index contributed by atoms with van der Waals surface area (Å²) < 4.78 is 0. The molecular formula is C40H78O2. The van der Waals surface area contributed by atoms with Gasteiger partial charge in [0.05, 0.1) is 5.92 Å². The van der Waals surface area contributed by atoms with Crippen LogP contribution in [0.5, 0.6) is 0 Å². The Bertz CT molecular complexity index is 528. The van der Waals surface area contributed by atoms with Gasteiger partial charge < -0.3 is 4.79 Å². The van der Waals surface area contributed by atoms with Crippen molar-refractivity contribution in [2.45, 2.75) is 239 Å². The second-order valence-electron chi connectivity index (χ2n) is 13.7. The van der Waals surface area contributed by atoms with Gasteiger partial charge in [-0.1, -0.05) is 219 Å². The molecule has 0 saturated heterocycles. The summed E-state index contributed by atoms with van der Waals surface area (Å²) in [5.41, 5.74) is 0. The Morgan fingerprint density at radius 1 is 0.381 bits per heavy atom. The van der Waals surface area contributed by atoms with Crippen LogP contribution in [-0.4, -0.2) is 12.1 Å². The zero-order chi connectivity index (χ0) is 30.6. The number of aldehydes is 1. The first-order valence-electron chi connectivity index (χ1n) is 19.7. The van der Waals surface area contributed by atoms with Gasteiger partial charge in [-0.3, -0.25) is 4.79 Å². The van der Waals surface area contributed by atoms with Crippen LogP contribution in [0, 0.1) is 5.92 Å². The number of unbranched alkanes of at least 4 members (excludes halogenated alkanes) is 31. The van der Waals surface area contributed by atoms with Crippen molar-refractivity contribution in [3.63, 3.8) is 0 Å². The number of carbonyl (C=O) groups excluding carboxylic acids is 2. The van der Waals surface area contributed by atoms with Crippen molar-refractivity contribution in [2.75, 3.05) is 0 Å². The molecule has 1 unspecified atom stereocenters. The van der Waals surface area contributed by atoms with Gasteiger partial charge in [-0.05, 0) is 12.8 Å². The number of Topliss-reactive ketones (excluding diaryl/α,β-unsaturated/α-hetero) is 1. The maximum atomic E-state index is 12.5. The molecule has 0 amide bonds. The van der Waals surface area contributed by atoms with Gasteiger partial charge in [-0.15, -0.1) is 0 Å². The predicted octanol–water partition coefficient (Wildman–Crippen LogP) is 14.1. The van der Waals surface area contributed by atoms with Crippen molar-refractivity contribution in [3.8, 4) is 0 Å². The van der Waals surface area contributed by atoms with Gasteiger partial charge in [0.25, 0.3) is 0 Å². The summed E-state index contributed by atoms with van der Waals surface area (Å²) in [4.78, 5) is 24.0. The number of hydrogen-bond acceptors (Lipinski definition) is 2. The Morgan fingerprint density at radius 3 is 0.881 bits per heavy atom. The first-order valence-corrected chi connectivity index (χ1v) is 19.7. The molecule has 42 heavy (non-hydrogen) atoms. The van der Waals surface area contributed by atoms with E-state index in [1.54, 1.807) is 0 Å². The Morgan fingerprint density at radius 2 is 0.619 bits per heavy atom. The van der Waals surface area contributed by atoms with E-state index in [1.165, 1.54) is 193 Å². The number of carbonyl (C=O) groups is 2. The third-order valence-corrected chi connectivity index (χ3v) is 9.47. The van der Waals surface area contributed by atoms with Crippen LogP contribution >= 0.6 is 0 Å². The highest BCUT2D eigenvalue weighted by molar-refractivity contribution is 5.93. The van der Waals surface area contributed by atoms with Gasteiger partial charge in [0.1, 0.15) is 12.1 Å². The van der Waals surface area contributed by atoms with E-state index in [1.807, 2.05) is 0 Å². The zero-order valence-corrected chi connectivity index (χ0v) is 29.2. The molecule has 250 valence electrons. The number of hydrogen-bond donors (Lipinski definition) is 0. The van der Waals surface area contributed by atoms with Gasteiger partial charge in [0.15, 0.2) is 0 Å². The lowest BCUT2D eigenvalue weighted by atomic mass is 9.94. The molecule has 0 aromatic carbocycles. The minimum absolute atomic E-state index is 0.201. The summed E-state index contributed by atoms with van der Waals surface area (Å²) in [5.74, 6) is -0.135. The molecule has 0 aromatic rings. The van der Waals surface area contributed by atoms with Crippen molar-refractivity contribution < 1.29 is 9.59 Å². The van der Waals surface area contributed by atoms with E-state index in [0.29, 0.717) is 6.42 Å². The van der Waals surface area contributed by atoms with Crippen LogP contribution in [0.4, 0.5) is 0 Å². The SMILES string of the molecule is CCCCCCCCCCCCCCCCCCCC(=O)C(C=O)CCCCCCCCCCCCCCCCCC. The van der Waals surface area contributed by atoms with E-state index < -0.39 is 0 Å². The lowest BCUT2D eigenvalue weighted by Crippen LogP contribution is -2.15. The van der Waals surface area contributed by atoms with Crippen molar-refractivity contribution in [3.05, 3.63) is 0 Å². The molecule has 1 atom stereocenters. The Balaban J connectivity index is 3.38. The average molecular weight is 591 g/mol. The molecule has 0 bridgehead atoms. The standard InChI is InChI=1S/C40H78O2/c1-3-5-7-9-11-13-15-17-19-21-23-25-27-29-31-33-35-37-40(42)39(38-41)36-34-32-30-28-26-24-22-20-18-16-14-12-10-8-6-4-2/h38-39H,3-37H2,1-2H3. The molecular weight excluding hydrogens is 512 g/mol. The fraction of sp³-hybridized carbons (Fsp3) is 0.950. The lowest BCUT2D eigenvalue weighted by molar-refractivity contribution is -0.127. The minimum Gasteiger partial charge on any atom is -0.303 e. The lowest BCUT2D eigenvalue weighted by Gasteiger charge is -2.09. The molecule has 0 heterocycles. The largest absolute Gasteiger partial charge is 0.303 e. The highest BCUT2D eigenvalue weighted by Crippen LogP contribution is 2.18. The maximum Gasteiger partial charge on any atom is 0.143 e. The van der Waals surface area contributed by atoms with Crippen LogP contribution in [0.15, 0.2) is 0 Å². The maximum absolute atomic E-state index is 12.5. The van der Waals surface area contributed by atoms with Gasteiger partial charge >= 0.3 is 0 Å². The summed E-state index contributed by atoms with van der Waals surface area (Å²) >= 11 is 0. The van der Waals surface area contributed by atoms with Gasteiger partial charge in [0.2, 0.25) is 0 Å². The van der Waals surface area contributed by atoms with E-state index >= 15 is 0 Å². The third kappa shape index (κ3) is 32.3. The molecule has 2 heteroatoms. The smallest absolute Gasteiger partial charge is 0.143 e. The van der Waals surface area contributed by atoms with Crippen LogP contribution in [-0.2, 0) is 9.59 Å². The minimum atomic E-state index is -0.335. The highest BCUT2D eigenvalue weighted by atomic mass is 16.1. The Kier molecular flexibility index (Phi) is 36.0. The van der Waals surface area contributed by atoms with Crippen molar-refractivity contribution in [1.29, 1.82) is 0 Å². The van der Waals surface area contributed by atoms with Crippen LogP contribution in [0.1, 0.15) is 239 Å². The van der Waals surface area contributed by atoms with Crippen LogP contribution < -0.4 is 0 Å². The molecule has 0 aliphatic carbocycles. The Labute approximate surface area is 265 Å². The summed E-state index contributed by atoms with van der Waals surface area (Å²) in [7, 11) is 0. The second kappa shape index (κ2) is 36.5. The van der Waals surface area contributed by atoms with Crippen LogP contribution in [0.25, 0.3) is 0 Å². The topological polar surface area (TPSA) is 34.1 Å². The quantitative estimate of drug-likeness (QED) is 0.0409. The van der Waals surface area contributed by atoms with Crippen LogP contribution in [0.2, 0.25) is 0 Å². The van der Waals surface area contributed by atoms with Gasteiger partial charge in [-0.2, -0.15) is 0 Å². The average Bonchev–Trinajstić information content (AvgIpc) is 3.00. The highest BCUT2D eigenvalue weighted by Gasteiger charge is 2.16. The first kappa shape index (κ1) is 41.3. The number of rotatable bonds is 37. The summed E-state index contributed by atoms with van der Waals surface area (Å²) in [5, 5.41) is 0. The molecule has 0 aromatic heterocycles. The van der Waals surface area contributed by atoms with Crippen molar-refractivity contribution >= 4 is 12.1 Å². The fourth-order valence-electron chi connectivity index (χ4n) is 6.43. The monoisotopic (exact) mass is 591 g/mol. The van der Waals surface area contributed by atoms with E-state index in [-0.39, 0.29) is 11.7 Å². The van der Waals surface area contributed by atoms with Crippen molar-refractivity contribution in [2.24, 2.45) is 5.92 Å². The van der Waals surface area contributed by atoms with E-state index in [0.717, 1.165) is 32.0 Å². The molecule has 0 aliphatic heterocycles.